The molecule has 0 spiro atoms. The maximum Gasteiger partial charge on any atom is 0.231 e. The minimum Gasteiger partial charge on any atom is -0.494 e. The first-order valence-electron chi connectivity index (χ1n) is 9.87. The van der Waals surface area contributed by atoms with Crippen molar-refractivity contribution in [1.29, 1.82) is 0 Å². The molecule has 0 amide bonds. The fourth-order valence-corrected chi connectivity index (χ4v) is 6.78. The van der Waals surface area contributed by atoms with E-state index in [9.17, 15) is 8.42 Å². The van der Waals surface area contributed by atoms with Gasteiger partial charge in [-0.05, 0) is 30.7 Å². The van der Waals surface area contributed by atoms with Crippen molar-refractivity contribution >= 4 is 32.5 Å². The molecule has 0 N–H and O–H groups in total. The van der Waals surface area contributed by atoms with Gasteiger partial charge in [-0.1, -0.05) is 30.0 Å². The summed E-state index contributed by atoms with van der Waals surface area (Å²) in [5.74, 6) is 3.31. The third-order valence-electron chi connectivity index (χ3n) is 5.27. The molecular weight excluding hydrogens is 424 g/mol. The van der Waals surface area contributed by atoms with Crippen LogP contribution in [0.3, 0.4) is 0 Å². The van der Waals surface area contributed by atoms with Crippen molar-refractivity contribution in [3.63, 3.8) is 0 Å². The first kappa shape index (κ1) is 19.6. The van der Waals surface area contributed by atoms with Gasteiger partial charge >= 0.3 is 0 Å². The lowest BCUT2D eigenvalue weighted by Gasteiger charge is -2.26. The monoisotopic (exact) mass is 446 g/mol. The van der Waals surface area contributed by atoms with Crippen molar-refractivity contribution in [3.8, 4) is 17.2 Å². The summed E-state index contributed by atoms with van der Waals surface area (Å²) in [5, 5.41) is 0.860. The van der Waals surface area contributed by atoms with E-state index in [1.54, 1.807) is 11.8 Å². The topological polar surface area (TPSA) is 77.4 Å². The minimum atomic E-state index is -3.08. The summed E-state index contributed by atoms with van der Waals surface area (Å²) in [5.41, 5.74) is 0.885. The Hall–Kier alpha value is -2.39. The number of amidine groups is 1. The summed E-state index contributed by atoms with van der Waals surface area (Å²) in [6.45, 7) is 0.825. The molecule has 158 valence electrons. The largest absolute Gasteiger partial charge is 0.494 e. The summed E-state index contributed by atoms with van der Waals surface area (Å²) < 4.78 is 41.0. The predicted molar refractivity (Wildman–Crippen MR) is 118 cm³/mol. The number of hydrogen-bond donors (Lipinski definition) is 0. The molecule has 3 aliphatic rings. The molecule has 1 saturated heterocycles. The first-order chi connectivity index (χ1) is 14.6. The lowest BCUT2D eigenvalue weighted by Crippen LogP contribution is -2.39. The Morgan fingerprint density at radius 1 is 1.10 bits per heavy atom. The highest BCUT2D eigenvalue weighted by Gasteiger charge is 2.47. The Morgan fingerprint density at radius 2 is 1.93 bits per heavy atom. The molecule has 5 rings (SSSR count). The number of nitrogens with zero attached hydrogens (tertiary/aromatic N) is 2. The Morgan fingerprint density at radius 3 is 2.80 bits per heavy atom. The average Bonchev–Trinajstić information content (AvgIpc) is 3.39. The van der Waals surface area contributed by atoms with Gasteiger partial charge in [0.05, 0.1) is 30.2 Å². The standard InChI is InChI=1S/C21H22N2O5S2/c24-30(25)12-17-18(13-30)23(15-7-8-19-20(11-15)28-14-27-19)21(22-17)29-10-4-9-26-16-5-2-1-3-6-16/h1-3,5-8,11,17-18H,4,9-10,12-14H2/t17-,18+/m1/s1. The summed E-state index contributed by atoms with van der Waals surface area (Å²) in [6, 6.07) is 15.1. The van der Waals surface area contributed by atoms with E-state index in [1.165, 1.54) is 0 Å². The number of anilines is 1. The molecule has 0 aliphatic carbocycles. The van der Waals surface area contributed by atoms with E-state index in [2.05, 4.69) is 4.90 Å². The van der Waals surface area contributed by atoms with Gasteiger partial charge in [-0.25, -0.2) is 8.42 Å². The number of sulfone groups is 1. The smallest absolute Gasteiger partial charge is 0.231 e. The minimum absolute atomic E-state index is 0.111. The Bertz CT molecular complexity index is 1060. The number of hydrogen-bond acceptors (Lipinski definition) is 8. The van der Waals surface area contributed by atoms with E-state index >= 15 is 0 Å². The first-order valence-corrected chi connectivity index (χ1v) is 12.7. The lowest BCUT2D eigenvalue weighted by molar-refractivity contribution is 0.174. The van der Waals surface area contributed by atoms with Crippen molar-refractivity contribution < 1.29 is 22.6 Å². The van der Waals surface area contributed by atoms with Gasteiger partial charge in [-0.15, -0.1) is 0 Å². The molecule has 2 atom stereocenters. The third-order valence-corrected chi connectivity index (χ3v) is 8.03. The van der Waals surface area contributed by atoms with Gasteiger partial charge in [0.25, 0.3) is 0 Å². The number of para-hydroxylation sites is 1. The van der Waals surface area contributed by atoms with Gasteiger partial charge < -0.3 is 19.1 Å². The van der Waals surface area contributed by atoms with E-state index < -0.39 is 9.84 Å². The fraction of sp³-hybridized carbons (Fsp3) is 0.381. The summed E-state index contributed by atoms with van der Waals surface area (Å²) in [4.78, 5) is 6.82. The van der Waals surface area contributed by atoms with Crippen LogP contribution in [-0.4, -0.2) is 56.3 Å². The van der Waals surface area contributed by atoms with Crippen LogP contribution in [0.4, 0.5) is 5.69 Å². The van der Waals surface area contributed by atoms with Crippen molar-refractivity contribution in [2.75, 3.05) is 35.6 Å². The molecule has 1 fully saturated rings. The van der Waals surface area contributed by atoms with Gasteiger partial charge in [0, 0.05) is 17.5 Å². The fourth-order valence-electron chi connectivity index (χ4n) is 3.90. The zero-order valence-corrected chi connectivity index (χ0v) is 17.9. The molecule has 2 aromatic rings. The Balaban J connectivity index is 1.27. The second kappa shape index (κ2) is 8.03. The van der Waals surface area contributed by atoms with Crippen LogP contribution < -0.4 is 19.1 Å². The highest BCUT2D eigenvalue weighted by Crippen LogP contribution is 2.40. The number of fused-ring (bicyclic) bond motifs is 2. The van der Waals surface area contributed by atoms with Gasteiger partial charge in [-0.3, -0.25) is 4.99 Å². The normalized spacial score (nSPS) is 23.3. The van der Waals surface area contributed by atoms with E-state index in [4.69, 9.17) is 19.2 Å². The van der Waals surface area contributed by atoms with Crippen molar-refractivity contribution in [1.82, 2.24) is 0 Å². The van der Waals surface area contributed by atoms with Crippen LogP contribution >= 0.6 is 11.8 Å². The zero-order valence-electron chi connectivity index (χ0n) is 16.3. The quantitative estimate of drug-likeness (QED) is 0.632. The summed E-state index contributed by atoms with van der Waals surface area (Å²) in [7, 11) is -3.08. The SMILES string of the molecule is O=S1(=O)C[C@H]2N=C(SCCCOc3ccccc3)N(c3ccc4c(c3)OCO4)[C@H]2C1. The third kappa shape index (κ3) is 3.96. The van der Waals surface area contributed by atoms with Gasteiger partial charge in [0.1, 0.15) is 5.75 Å². The zero-order chi connectivity index (χ0) is 20.6. The van der Waals surface area contributed by atoms with Crippen LogP contribution in [0.25, 0.3) is 0 Å². The number of thioether (sulfide) groups is 1. The van der Waals surface area contributed by atoms with Crippen molar-refractivity contribution in [2.45, 2.75) is 18.5 Å². The number of rotatable bonds is 6. The molecule has 0 saturated carbocycles. The van der Waals surface area contributed by atoms with Crippen LogP contribution in [-0.2, 0) is 9.84 Å². The van der Waals surface area contributed by atoms with Gasteiger partial charge in [0.15, 0.2) is 26.5 Å². The number of benzene rings is 2. The van der Waals surface area contributed by atoms with Crippen LogP contribution in [0.2, 0.25) is 0 Å². The second-order valence-electron chi connectivity index (χ2n) is 7.39. The number of ether oxygens (including phenoxy) is 3. The maximum absolute atomic E-state index is 12.2. The van der Waals surface area contributed by atoms with Crippen LogP contribution in [0.15, 0.2) is 53.5 Å². The molecule has 7 nitrogen and oxygen atoms in total. The predicted octanol–water partition coefficient (Wildman–Crippen LogP) is 2.96. The van der Waals surface area contributed by atoms with Crippen LogP contribution in [0.5, 0.6) is 17.2 Å². The van der Waals surface area contributed by atoms with E-state index in [0.717, 1.165) is 28.8 Å². The molecule has 0 aromatic heterocycles. The van der Waals surface area contributed by atoms with Crippen LogP contribution in [0.1, 0.15) is 6.42 Å². The number of aliphatic imine (C=N–C) groups is 1. The van der Waals surface area contributed by atoms with E-state index in [0.29, 0.717) is 18.1 Å². The lowest BCUT2D eigenvalue weighted by atomic mass is 10.1. The molecule has 9 heteroatoms. The second-order valence-corrected chi connectivity index (χ2v) is 10.6. The highest BCUT2D eigenvalue weighted by molar-refractivity contribution is 8.14. The van der Waals surface area contributed by atoms with Gasteiger partial charge in [-0.2, -0.15) is 0 Å². The Kier molecular flexibility index (Phi) is 5.24. The molecule has 2 aromatic carbocycles. The molecule has 0 bridgehead atoms. The summed E-state index contributed by atoms with van der Waals surface area (Å²) in [6.07, 6.45) is 0.862. The highest BCUT2D eigenvalue weighted by atomic mass is 32.2. The average molecular weight is 447 g/mol. The summed E-state index contributed by atoms with van der Waals surface area (Å²) >= 11 is 1.64. The van der Waals surface area contributed by atoms with E-state index in [1.807, 2.05) is 48.5 Å². The molecule has 3 heterocycles. The molecule has 30 heavy (non-hydrogen) atoms. The van der Waals surface area contributed by atoms with Crippen molar-refractivity contribution in [2.24, 2.45) is 4.99 Å². The molecule has 3 aliphatic heterocycles. The van der Waals surface area contributed by atoms with Gasteiger partial charge in [0.2, 0.25) is 6.79 Å². The van der Waals surface area contributed by atoms with Crippen molar-refractivity contribution in [3.05, 3.63) is 48.5 Å². The van der Waals surface area contributed by atoms with Crippen LogP contribution in [0, 0.1) is 0 Å². The maximum atomic E-state index is 12.2. The molecular formula is C21H22N2O5S2. The molecule has 0 unspecified atom stereocenters. The molecule has 0 radical (unpaired) electrons. The van der Waals surface area contributed by atoms with E-state index in [-0.39, 0.29) is 30.4 Å². The Labute approximate surface area is 179 Å².